The first-order valence-electron chi connectivity index (χ1n) is 9.41. The predicted molar refractivity (Wildman–Crippen MR) is 107 cm³/mol. The quantitative estimate of drug-likeness (QED) is 0.733. The van der Waals surface area contributed by atoms with Crippen molar-refractivity contribution in [3.8, 4) is 0 Å². The van der Waals surface area contributed by atoms with Gasteiger partial charge < -0.3 is 10.3 Å². The van der Waals surface area contributed by atoms with Crippen LogP contribution in [0.3, 0.4) is 0 Å². The molecular formula is C22H23N3O2. The molecule has 1 atom stereocenters. The average molecular weight is 361 g/mol. The molecule has 1 aliphatic rings. The normalized spacial score (nSPS) is 15.7. The summed E-state index contributed by atoms with van der Waals surface area (Å²) in [5.41, 5.74) is 4.20. The third-order valence-electron chi connectivity index (χ3n) is 5.22. The zero-order chi connectivity index (χ0) is 18.8. The Balaban J connectivity index is 1.44. The number of amides is 2. The van der Waals surface area contributed by atoms with Crippen LogP contribution in [0.1, 0.15) is 24.5 Å². The number of nitrogens with one attached hydrogen (secondary N) is 2. The summed E-state index contributed by atoms with van der Waals surface area (Å²) in [6.07, 6.45) is 3.70. The number of para-hydroxylation sites is 2. The third kappa shape index (κ3) is 3.21. The molecule has 0 saturated carbocycles. The second-order valence-electron chi connectivity index (χ2n) is 6.87. The number of aromatic nitrogens is 1. The predicted octanol–water partition coefficient (Wildman–Crippen LogP) is 3.19. The molecule has 0 spiro atoms. The Bertz CT molecular complexity index is 992. The first-order chi connectivity index (χ1) is 13.2. The van der Waals surface area contributed by atoms with Gasteiger partial charge in [0.1, 0.15) is 6.04 Å². The molecule has 5 nitrogen and oxygen atoms in total. The van der Waals surface area contributed by atoms with Gasteiger partial charge in [0.25, 0.3) is 0 Å². The minimum atomic E-state index is -0.460. The molecule has 0 bridgehead atoms. The second kappa shape index (κ2) is 7.27. The first kappa shape index (κ1) is 17.3. The van der Waals surface area contributed by atoms with Gasteiger partial charge in [-0.1, -0.05) is 43.3 Å². The number of hydrogen-bond acceptors (Lipinski definition) is 2. The van der Waals surface area contributed by atoms with Crippen LogP contribution in [0, 0.1) is 0 Å². The van der Waals surface area contributed by atoms with Crippen molar-refractivity contribution in [3.05, 3.63) is 65.9 Å². The van der Waals surface area contributed by atoms with E-state index < -0.39 is 6.04 Å². The summed E-state index contributed by atoms with van der Waals surface area (Å²) in [6.45, 7) is 2.37. The van der Waals surface area contributed by atoms with E-state index in [1.807, 2.05) is 55.6 Å². The molecule has 27 heavy (non-hydrogen) atoms. The number of hydrogen-bond donors (Lipinski definition) is 2. The van der Waals surface area contributed by atoms with E-state index in [1.165, 1.54) is 10.9 Å². The lowest BCUT2D eigenvalue weighted by molar-refractivity contribution is -0.126. The van der Waals surface area contributed by atoms with Crippen LogP contribution in [0.25, 0.3) is 10.9 Å². The number of carbonyl (C=O) groups excluding carboxylic acids is 2. The number of benzene rings is 2. The van der Waals surface area contributed by atoms with Crippen LogP contribution < -0.4 is 10.2 Å². The summed E-state index contributed by atoms with van der Waals surface area (Å²) >= 11 is 0. The highest BCUT2D eigenvalue weighted by Crippen LogP contribution is 2.32. The van der Waals surface area contributed by atoms with E-state index in [4.69, 9.17) is 0 Å². The molecule has 138 valence electrons. The van der Waals surface area contributed by atoms with Crippen molar-refractivity contribution in [2.24, 2.45) is 0 Å². The van der Waals surface area contributed by atoms with Crippen molar-refractivity contribution in [2.45, 2.75) is 32.2 Å². The van der Waals surface area contributed by atoms with Gasteiger partial charge in [-0.05, 0) is 29.7 Å². The number of aromatic amines is 1. The number of nitrogens with zero attached hydrogens (tertiary/aromatic N) is 1. The Hall–Kier alpha value is -3.08. The van der Waals surface area contributed by atoms with Gasteiger partial charge in [-0.25, -0.2) is 0 Å². The molecule has 2 heterocycles. The maximum Gasteiger partial charge on any atom is 0.243 e. The van der Waals surface area contributed by atoms with Gasteiger partial charge in [-0.3, -0.25) is 14.5 Å². The lowest BCUT2D eigenvalue weighted by Crippen LogP contribution is -2.48. The summed E-state index contributed by atoms with van der Waals surface area (Å²) in [7, 11) is 0. The van der Waals surface area contributed by atoms with Gasteiger partial charge in [0.2, 0.25) is 11.8 Å². The molecule has 0 fully saturated rings. The maximum atomic E-state index is 12.8. The zero-order valence-electron chi connectivity index (χ0n) is 15.4. The van der Waals surface area contributed by atoms with E-state index in [2.05, 4.69) is 16.4 Å². The Morgan fingerprint density at radius 3 is 2.78 bits per heavy atom. The van der Waals surface area contributed by atoms with E-state index in [-0.39, 0.29) is 11.8 Å². The Morgan fingerprint density at radius 1 is 1.15 bits per heavy atom. The second-order valence-corrected chi connectivity index (χ2v) is 6.87. The van der Waals surface area contributed by atoms with Crippen molar-refractivity contribution in [1.29, 1.82) is 0 Å². The summed E-state index contributed by atoms with van der Waals surface area (Å²) in [5, 5.41) is 4.21. The number of fused-ring (bicyclic) bond motifs is 2. The maximum absolute atomic E-state index is 12.8. The SMILES string of the molecule is CCC(=O)N1c2ccccc2C[C@@H]1C(=O)NCCc1c[nH]c2ccccc12. The van der Waals surface area contributed by atoms with Crippen LogP contribution in [0.5, 0.6) is 0 Å². The van der Waals surface area contributed by atoms with E-state index in [9.17, 15) is 9.59 Å². The molecule has 2 N–H and O–H groups in total. The van der Waals surface area contributed by atoms with Crippen LogP contribution in [-0.2, 0) is 22.4 Å². The topological polar surface area (TPSA) is 65.2 Å². The van der Waals surface area contributed by atoms with Crippen LogP contribution in [0.2, 0.25) is 0 Å². The molecule has 0 radical (unpaired) electrons. The molecule has 1 aromatic heterocycles. The molecule has 0 unspecified atom stereocenters. The molecule has 5 heteroatoms. The van der Waals surface area contributed by atoms with E-state index >= 15 is 0 Å². The van der Waals surface area contributed by atoms with Gasteiger partial charge in [0.15, 0.2) is 0 Å². The third-order valence-corrected chi connectivity index (χ3v) is 5.22. The van der Waals surface area contributed by atoms with Crippen LogP contribution in [-0.4, -0.2) is 29.4 Å². The van der Waals surface area contributed by atoms with Crippen LogP contribution >= 0.6 is 0 Å². The molecule has 4 rings (SSSR count). The fraction of sp³-hybridized carbons (Fsp3) is 0.273. The smallest absolute Gasteiger partial charge is 0.243 e. The highest BCUT2D eigenvalue weighted by Gasteiger charge is 2.37. The number of carbonyl (C=O) groups is 2. The van der Waals surface area contributed by atoms with Crippen LogP contribution in [0.4, 0.5) is 5.69 Å². The standard InChI is InChI=1S/C22H23N3O2/c1-2-21(26)25-19-10-6-3-7-15(19)13-20(25)22(27)23-12-11-16-14-24-18-9-5-4-8-17(16)18/h3-10,14,20,24H,2,11-13H2,1H3,(H,23,27)/t20-/m1/s1. The van der Waals surface area contributed by atoms with Gasteiger partial charge in [-0.15, -0.1) is 0 Å². The van der Waals surface area contributed by atoms with Gasteiger partial charge in [-0.2, -0.15) is 0 Å². The lowest BCUT2D eigenvalue weighted by Gasteiger charge is -2.24. The van der Waals surface area contributed by atoms with Crippen LogP contribution in [0.15, 0.2) is 54.7 Å². The minimum absolute atomic E-state index is 0.0169. The molecule has 2 amide bonds. The van der Waals surface area contributed by atoms with Gasteiger partial charge in [0.05, 0.1) is 0 Å². The fourth-order valence-corrected chi connectivity index (χ4v) is 3.85. The number of anilines is 1. The summed E-state index contributed by atoms with van der Waals surface area (Å²) in [5.74, 6) is -0.107. The summed E-state index contributed by atoms with van der Waals surface area (Å²) in [6, 6.07) is 15.4. The van der Waals surface area contributed by atoms with Gasteiger partial charge >= 0.3 is 0 Å². The monoisotopic (exact) mass is 361 g/mol. The molecule has 2 aromatic carbocycles. The minimum Gasteiger partial charge on any atom is -0.361 e. The number of rotatable bonds is 5. The molecule has 0 saturated heterocycles. The highest BCUT2D eigenvalue weighted by molar-refractivity contribution is 6.03. The average Bonchev–Trinajstić information content (AvgIpc) is 3.29. The van der Waals surface area contributed by atoms with Crippen molar-refractivity contribution in [1.82, 2.24) is 10.3 Å². The first-order valence-corrected chi connectivity index (χ1v) is 9.41. The van der Waals surface area contributed by atoms with E-state index in [0.29, 0.717) is 19.4 Å². The Kier molecular flexibility index (Phi) is 4.67. The zero-order valence-corrected chi connectivity index (χ0v) is 15.4. The summed E-state index contributed by atoms with van der Waals surface area (Å²) in [4.78, 5) is 30.2. The lowest BCUT2D eigenvalue weighted by atomic mass is 10.1. The molecule has 3 aromatic rings. The highest BCUT2D eigenvalue weighted by atomic mass is 16.2. The molecule has 0 aliphatic carbocycles. The van der Waals surface area contributed by atoms with Crippen molar-refractivity contribution in [3.63, 3.8) is 0 Å². The Morgan fingerprint density at radius 2 is 1.93 bits per heavy atom. The van der Waals surface area contributed by atoms with Crippen molar-refractivity contribution < 1.29 is 9.59 Å². The Labute approximate surface area is 158 Å². The number of H-pyrrole nitrogens is 1. The van der Waals surface area contributed by atoms with Gasteiger partial charge in [0, 0.05) is 42.2 Å². The molecular weight excluding hydrogens is 338 g/mol. The van der Waals surface area contributed by atoms with Crippen molar-refractivity contribution >= 4 is 28.4 Å². The largest absolute Gasteiger partial charge is 0.361 e. The molecule has 1 aliphatic heterocycles. The van der Waals surface area contributed by atoms with E-state index in [0.717, 1.165) is 23.2 Å². The summed E-state index contributed by atoms with van der Waals surface area (Å²) < 4.78 is 0. The van der Waals surface area contributed by atoms with Crippen molar-refractivity contribution in [2.75, 3.05) is 11.4 Å². The van der Waals surface area contributed by atoms with E-state index in [1.54, 1.807) is 4.90 Å². The fourth-order valence-electron chi connectivity index (χ4n) is 3.85.